The van der Waals surface area contributed by atoms with Gasteiger partial charge in [0.2, 0.25) is 0 Å². The van der Waals surface area contributed by atoms with Crippen molar-refractivity contribution in [3.05, 3.63) is 17.8 Å². The van der Waals surface area contributed by atoms with Crippen molar-refractivity contribution in [2.24, 2.45) is 5.73 Å². The third-order valence-corrected chi connectivity index (χ3v) is 3.09. The molecule has 0 bridgehead atoms. The van der Waals surface area contributed by atoms with Crippen molar-refractivity contribution < 1.29 is 13.2 Å². The molecule has 0 radical (unpaired) electrons. The molecule has 102 valence electrons. The largest absolute Gasteiger partial charge is 0.435 e. The molecular formula is C11H17F3N4. The fraction of sp³-hybridized carbons (Fsp3) is 0.636. The first-order chi connectivity index (χ1) is 8.37. The van der Waals surface area contributed by atoms with E-state index >= 15 is 0 Å². The van der Waals surface area contributed by atoms with Crippen LogP contribution in [0.25, 0.3) is 0 Å². The molecule has 1 aromatic heterocycles. The Kier molecular flexibility index (Phi) is 4.50. The summed E-state index contributed by atoms with van der Waals surface area (Å²) in [4.78, 5) is 0. The number of rotatable bonds is 5. The van der Waals surface area contributed by atoms with Crippen LogP contribution < -0.4 is 11.1 Å². The summed E-state index contributed by atoms with van der Waals surface area (Å²) in [6, 6.07) is 2.17. The van der Waals surface area contributed by atoms with E-state index in [2.05, 4.69) is 15.5 Å². The second kappa shape index (κ2) is 5.51. The molecule has 0 saturated carbocycles. The number of halogens is 3. The number of nitrogens with one attached hydrogen (secondary N) is 1. The van der Waals surface area contributed by atoms with Crippen molar-refractivity contribution in [3.63, 3.8) is 0 Å². The van der Waals surface area contributed by atoms with Crippen LogP contribution in [-0.4, -0.2) is 22.3 Å². The molecule has 0 aliphatic heterocycles. The van der Waals surface area contributed by atoms with Crippen LogP contribution in [0.1, 0.15) is 32.4 Å². The molecule has 1 rings (SSSR count). The minimum absolute atomic E-state index is 0.303. The van der Waals surface area contributed by atoms with Gasteiger partial charge in [0, 0.05) is 6.54 Å². The number of anilines is 1. The maximum absolute atomic E-state index is 12.3. The standard InChI is InChI=1S/C11H17F3N4/c1-3-10(4-2,7-15)16-9-6-5-8(17-18-9)11(12,13)14/h5-6H,3-4,7,15H2,1-2H3,(H,16,18). The van der Waals surface area contributed by atoms with E-state index in [1.165, 1.54) is 6.07 Å². The maximum atomic E-state index is 12.3. The Labute approximate surface area is 104 Å². The van der Waals surface area contributed by atoms with E-state index < -0.39 is 11.9 Å². The summed E-state index contributed by atoms with van der Waals surface area (Å²) in [5.74, 6) is 0.303. The highest BCUT2D eigenvalue weighted by molar-refractivity contribution is 5.37. The molecule has 18 heavy (non-hydrogen) atoms. The van der Waals surface area contributed by atoms with Gasteiger partial charge < -0.3 is 11.1 Å². The highest BCUT2D eigenvalue weighted by Gasteiger charge is 2.33. The van der Waals surface area contributed by atoms with Crippen molar-refractivity contribution >= 4 is 5.82 Å². The summed E-state index contributed by atoms with van der Waals surface area (Å²) in [5.41, 5.74) is 4.33. The van der Waals surface area contributed by atoms with Crippen LogP contribution in [0.4, 0.5) is 19.0 Å². The van der Waals surface area contributed by atoms with Gasteiger partial charge in [0.15, 0.2) is 5.69 Å². The molecule has 1 heterocycles. The quantitative estimate of drug-likeness (QED) is 0.855. The van der Waals surface area contributed by atoms with Gasteiger partial charge in [0.1, 0.15) is 5.82 Å². The summed E-state index contributed by atoms with van der Waals surface area (Å²) < 4.78 is 36.9. The molecular weight excluding hydrogens is 245 g/mol. The first-order valence-electron chi connectivity index (χ1n) is 5.76. The van der Waals surface area contributed by atoms with Crippen molar-refractivity contribution in [3.8, 4) is 0 Å². The van der Waals surface area contributed by atoms with Gasteiger partial charge in [-0.1, -0.05) is 13.8 Å². The zero-order valence-electron chi connectivity index (χ0n) is 10.4. The van der Waals surface area contributed by atoms with Gasteiger partial charge >= 0.3 is 6.18 Å². The zero-order valence-corrected chi connectivity index (χ0v) is 10.4. The van der Waals surface area contributed by atoms with Crippen molar-refractivity contribution in [2.45, 2.75) is 38.4 Å². The molecule has 0 aliphatic rings. The fourth-order valence-corrected chi connectivity index (χ4v) is 1.59. The third-order valence-electron chi connectivity index (χ3n) is 3.09. The van der Waals surface area contributed by atoms with Crippen LogP contribution in [-0.2, 0) is 6.18 Å². The molecule has 0 saturated heterocycles. The van der Waals surface area contributed by atoms with E-state index in [1.54, 1.807) is 0 Å². The molecule has 0 atom stereocenters. The Bertz CT molecular complexity index is 363. The topological polar surface area (TPSA) is 63.8 Å². The lowest BCUT2D eigenvalue weighted by molar-refractivity contribution is -0.141. The number of nitrogens with zero attached hydrogens (tertiary/aromatic N) is 2. The molecule has 0 unspecified atom stereocenters. The summed E-state index contributed by atoms with van der Waals surface area (Å²) in [6.07, 6.45) is -2.96. The highest BCUT2D eigenvalue weighted by atomic mass is 19.4. The summed E-state index contributed by atoms with van der Waals surface area (Å²) in [6.45, 7) is 4.30. The van der Waals surface area contributed by atoms with Gasteiger partial charge in [0.05, 0.1) is 5.54 Å². The van der Waals surface area contributed by atoms with Crippen molar-refractivity contribution in [2.75, 3.05) is 11.9 Å². The van der Waals surface area contributed by atoms with E-state index in [9.17, 15) is 13.2 Å². The average Bonchev–Trinajstić information content (AvgIpc) is 2.36. The van der Waals surface area contributed by atoms with Crippen LogP contribution in [0.3, 0.4) is 0 Å². The smallest absolute Gasteiger partial charge is 0.362 e. The molecule has 1 aromatic rings. The molecule has 0 amide bonds. The monoisotopic (exact) mass is 262 g/mol. The maximum Gasteiger partial charge on any atom is 0.435 e. The van der Waals surface area contributed by atoms with Crippen LogP contribution in [0.15, 0.2) is 12.1 Å². The molecule has 0 fully saturated rings. The molecule has 0 spiro atoms. The van der Waals surface area contributed by atoms with E-state index in [1.807, 2.05) is 13.8 Å². The number of hydrogen-bond acceptors (Lipinski definition) is 4. The van der Waals surface area contributed by atoms with E-state index in [-0.39, 0.29) is 5.54 Å². The van der Waals surface area contributed by atoms with Gasteiger partial charge in [-0.3, -0.25) is 0 Å². The van der Waals surface area contributed by atoms with Gasteiger partial charge in [-0.05, 0) is 25.0 Å². The van der Waals surface area contributed by atoms with Crippen LogP contribution in [0, 0.1) is 0 Å². The van der Waals surface area contributed by atoms with E-state index in [4.69, 9.17) is 5.73 Å². The summed E-state index contributed by atoms with van der Waals surface area (Å²) in [7, 11) is 0. The Hall–Kier alpha value is -1.37. The second-order valence-corrected chi connectivity index (χ2v) is 4.12. The van der Waals surface area contributed by atoms with Crippen LogP contribution >= 0.6 is 0 Å². The van der Waals surface area contributed by atoms with E-state index in [0.29, 0.717) is 12.4 Å². The average molecular weight is 262 g/mol. The lowest BCUT2D eigenvalue weighted by Crippen LogP contribution is -2.44. The third kappa shape index (κ3) is 3.32. The Balaban J connectivity index is 2.86. The molecule has 0 aliphatic carbocycles. The minimum atomic E-state index is -4.47. The van der Waals surface area contributed by atoms with Crippen molar-refractivity contribution in [1.29, 1.82) is 0 Å². The van der Waals surface area contributed by atoms with Crippen LogP contribution in [0.2, 0.25) is 0 Å². The molecule has 7 heteroatoms. The normalized spacial score (nSPS) is 12.6. The lowest BCUT2D eigenvalue weighted by atomic mass is 9.93. The first kappa shape index (κ1) is 14.7. The predicted molar refractivity (Wildman–Crippen MR) is 63.0 cm³/mol. The number of aromatic nitrogens is 2. The van der Waals surface area contributed by atoms with Gasteiger partial charge in [-0.15, -0.1) is 10.2 Å². The Morgan fingerprint density at radius 1 is 1.17 bits per heavy atom. The molecule has 4 nitrogen and oxygen atoms in total. The highest BCUT2D eigenvalue weighted by Crippen LogP contribution is 2.27. The van der Waals surface area contributed by atoms with Gasteiger partial charge in [-0.25, -0.2) is 0 Å². The van der Waals surface area contributed by atoms with E-state index in [0.717, 1.165) is 18.9 Å². The number of alkyl halides is 3. The van der Waals surface area contributed by atoms with Crippen LogP contribution in [0.5, 0.6) is 0 Å². The minimum Gasteiger partial charge on any atom is -0.362 e. The molecule has 0 aromatic carbocycles. The first-order valence-corrected chi connectivity index (χ1v) is 5.76. The Morgan fingerprint density at radius 3 is 2.11 bits per heavy atom. The lowest BCUT2D eigenvalue weighted by Gasteiger charge is -2.31. The fourth-order valence-electron chi connectivity index (χ4n) is 1.59. The molecule has 3 N–H and O–H groups in total. The number of hydrogen-bond donors (Lipinski definition) is 2. The second-order valence-electron chi connectivity index (χ2n) is 4.12. The predicted octanol–water partition coefficient (Wildman–Crippen LogP) is 2.42. The Morgan fingerprint density at radius 2 is 1.78 bits per heavy atom. The van der Waals surface area contributed by atoms with Gasteiger partial charge in [-0.2, -0.15) is 13.2 Å². The zero-order chi connectivity index (χ0) is 13.8. The summed E-state index contributed by atoms with van der Waals surface area (Å²) >= 11 is 0. The van der Waals surface area contributed by atoms with Crippen molar-refractivity contribution in [1.82, 2.24) is 10.2 Å². The summed E-state index contributed by atoms with van der Waals surface area (Å²) in [5, 5.41) is 9.75. The van der Waals surface area contributed by atoms with Gasteiger partial charge in [0.25, 0.3) is 0 Å². The SMILES string of the molecule is CCC(CC)(CN)Nc1ccc(C(F)(F)F)nn1. The number of nitrogens with two attached hydrogens (primary N) is 1.